The van der Waals surface area contributed by atoms with Gasteiger partial charge in [-0.25, -0.2) is 0 Å². The summed E-state index contributed by atoms with van der Waals surface area (Å²) in [4.78, 5) is 38.2. The van der Waals surface area contributed by atoms with E-state index in [4.69, 9.17) is 14.2 Å². The van der Waals surface area contributed by atoms with E-state index in [2.05, 4.69) is 93.7 Å². The van der Waals surface area contributed by atoms with E-state index in [0.29, 0.717) is 19.3 Å². The van der Waals surface area contributed by atoms with E-state index in [0.717, 1.165) is 103 Å². The smallest absolute Gasteiger partial charge is 0.306 e. The molecule has 0 aliphatic rings. The minimum atomic E-state index is -0.785. The van der Waals surface area contributed by atoms with Crippen molar-refractivity contribution in [1.29, 1.82) is 0 Å². The van der Waals surface area contributed by atoms with E-state index in [9.17, 15) is 14.4 Å². The van der Waals surface area contributed by atoms with Crippen LogP contribution in [-0.2, 0) is 28.6 Å². The zero-order chi connectivity index (χ0) is 50.0. The summed E-state index contributed by atoms with van der Waals surface area (Å²) in [5.74, 6) is -0.897. The fourth-order valence-electron chi connectivity index (χ4n) is 8.40. The third-order valence-corrected chi connectivity index (χ3v) is 12.8. The minimum absolute atomic E-state index is 0.0828. The van der Waals surface area contributed by atoms with Crippen LogP contribution < -0.4 is 0 Å². The largest absolute Gasteiger partial charge is 0.462 e. The van der Waals surface area contributed by atoms with E-state index < -0.39 is 6.10 Å². The third-order valence-electron chi connectivity index (χ3n) is 12.8. The molecule has 0 saturated carbocycles. The molecule has 0 aromatic heterocycles. The van der Waals surface area contributed by atoms with Crippen LogP contribution in [-0.4, -0.2) is 37.2 Å². The Morgan fingerprint density at radius 2 is 0.638 bits per heavy atom. The summed E-state index contributed by atoms with van der Waals surface area (Å²) in [6.07, 6.45) is 73.3. The van der Waals surface area contributed by atoms with Crippen molar-refractivity contribution in [2.75, 3.05) is 13.2 Å². The molecule has 0 rings (SSSR count). The molecule has 0 N–H and O–H groups in total. The van der Waals surface area contributed by atoms with Crippen molar-refractivity contribution < 1.29 is 28.6 Å². The molecule has 398 valence electrons. The van der Waals surface area contributed by atoms with E-state index in [1.807, 2.05) is 0 Å². The Morgan fingerprint density at radius 3 is 1.04 bits per heavy atom. The summed E-state index contributed by atoms with van der Waals surface area (Å²) in [6, 6.07) is 0. The molecule has 0 bridgehead atoms. The summed E-state index contributed by atoms with van der Waals surface area (Å²) in [7, 11) is 0. The average molecular weight is 964 g/mol. The predicted octanol–water partition coefficient (Wildman–Crippen LogP) is 19.8. The van der Waals surface area contributed by atoms with Crippen LogP contribution in [0.25, 0.3) is 0 Å². The van der Waals surface area contributed by atoms with Crippen molar-refractivity contribution in [2.24, 2.45) is 0 Å². The van der Waals surface area contributed by atoms with Crippen molar-refractivity contribution in [3.05, 3.63) is 72.9 Å². The highest BCUT2D eigenvalue weighted by atomic mass is 16.6. The SMILES string of the molecule is CC\C=C/C=C\C=C/CCCCCCCC(=O)OCC(COC(=O)CCCCCCCCCCC/C=C\C/C=C\C/C=C\CC)OC(=O)CCCCCCCCCCCCCCCCCCCCC. The highest BCUT2D eigenvalue weighted by Gasteiger charge is 2.19. The van der Waals surface area contributed by atoms with Gasteiger partial charge in [-0.15, -0.1) is 0 Å². The second-order valence-electron chi connectivity index (χ2n) is 19.6. The summed E-state index contributed by atoms with van der Waals surface area (Å²) in [5, 5.41) is 0. The number of carbonyl (C=O) groups is 3. The maximum atomic E-state index is 12.9. The number of esters is 3. The Hall–Kier alpha value is -3.15. The van der Waals surface area contributed by atoms with Gasteiger partial charge in [0.1, 0.15) is 13.2 Å². The lowest BCUT2D eigenvalue weighted by molar-refractivity contribution is -0.167. The zero-order valence-electron chi connectivity index (χ0n) is 45.6. The summed E-state index contributed by atoms with van der Waals surface area (Å²) in [5.41, 5.74) is 0. The number of rotatable bonds is 53. The van der Waals surface area contributed by atoms with E-state index >= 15 is 0 Å². The van der Waals surface area contributed by atoms with Crippen LogP contribution in [0.4, 0.5) is 0 Å². The van der Waals surface area contributed by atoms with Gasteiger partial charge in [-0.2, -0.15) is 0 Å². The van der Waals surface area contributed by atoms with Crippen LogP contribution in [0.3, 0.4) is 0 Å². The summed E-state index contributed by atoms with van der Waals surface area (Å²) in [6.45, 7) is 6.41. The molecule has 0 aliphatic carbocycles. The van der Waals surface area contributed by atoms with Gasteiger partial charge in [0.25, 0.3) is 0 Å². The second-order valence-corrected chi connectivity index (χ2v) is 19.6. The Balaban J connectivity index is 4.35. The fraction of sp³-hybridized carbons (Fsp3) is 0.762. The van der Waals surface area contributed by atoms with Crippen LogP contribution in [0.2, 0.25) is 0 Å². The molecule has 6 heteroatoms. The van der Waals surface area contributed by atoms with Crippen LogP contribution in [0, 0.1) is 0 Å². The highest BCUT2D eigenvalue weighted by Crippen LogP contribution is 2.17. The molecule has 0 fully saturated rings. The molecule has 0 aliphatic heterocycles. The van der Waals surface area contributed by atoms with Gasteiger partial charge in [-0.05, 0) is 70.6 Å². The molecule has 0 radical (unpaired) electrons. The molecule has 1 unspecified atom stereocenters. The van der Waals surface area contributed by atoms with Gasteiger partial charge < -0.3 is 14.2 Å². The zero-order valence-corrected chi connectivity index (χ0v) is 45.6. The van der Waals surface area contributed by atoms with Gasteiger partial charge in [0.2, 0.25) is 0 Å². The van der Waals surface area contributed by atoms with Crippen molar-refractivity contribution in [1.82, 2.24) is 0 Å². The average Bonchev–Trinajstić information content (AvgIpc) is 3.35. The summed E-state index contributed by atoms with van der Waals surface area (Å²) < 4.78 is 16.9. The Labute approximate surface area is 427 Å². The van der Waals surface area contributed by atoms with Gasteiger partial charge in [-0.1, -0.05) is 273 Å². The van der Waals surface area contributed by atoms with Crippen LogP contribution in [0.5, 0.6) is 0 Å². The van der Waals surface area contributed by atoms with Gasteiger partial charge in [0, 0.05) is 19.3 Å². The normalized spacial score (nSPS) is 12.6. The van der Waals surface area contributed by atoms with Gasteiger partial charge >= 0.3 is 17.9 Å². The number of allylic oxidation sites excluding steroid dienone is 12. The van der Waals surface area contributed by atoms with Crippen molar-refractivity contribution in [3.63, 3.8) is 0 Å². The second kappa shape index (κ2) is 57.4. The molecule has 0 aromatic rings. The van der Waals surface area contributed by atoms with Gasteiger partial charge in [0.15, 0.2) is 6.10 Å². The highest BCUT2D eigenvalue weighted by molar-refractivity contribution is 5.71. The van der Waals surface area contributed by atoms with Gasteiger partial charge in [0.05, 0.1) is 0 Å². The monoisotopic (exact) mass is 963 g/mol. The number of unbranched alkanes of at least 4 members (excludes halogenated alkanes) is 32. The van der Waals surface area contributed by atoms with E-state index in [1.165, 1.54) is 148 Å². The maximum Gasteiger partial charge on any atom is 0.306 e. The van der Waals surface area contributed by atoms with Crippen molar-refractivity contribution >= 4 is 17.9 Å². The first-order valence-corrected chi connectivity index (χ1v) is 29.5. The molecule has 6 nitrogen and oxygen atoms in total. The standard InChI is InChI=1S/C63H110O6/c1-4-7-10-13-16-19-22-25-27-29-31-33-35-38-41-44-47-50-53-56-62(65)68-59-60(58-67-61(64)55-52-49-46-43-40-37-24-21-18-15-12-9-6-3)69-63(66)57-54-51-48-45-42-39-36-34-32-30-28-26-23-20-17-14-11-8-5-2/h7,9-10,12,15-16,18-19,21,24-25,27,60H,4-6,8,11,13-14,17,20,22-23,26,28-59H2,1-3H3/b10-7-,12-9-,18-15-,19-16-,24-21-,27-25-. The number of hydrogen-bond acceptors (Lipinski definition) is 6. The molecule has 0 spiro atoms. The summed E-state index contributed by atoms with van der Waals surface area (Å²) >= 11 is 0. The molecule has 69 heavy (non-hydrogen) atoms. The lowest BCUT2D eigenvalue weighted by Gasteiger charge is -2.18. The molecule has 1 atom stereocenters. The van der Waals surface area contributed by atoms with Crippen LogP contribution in [0.1, 0.15) is 290 Å². The lowest BCUT2D eigenvalue weighted by atomic mass is 10.0. The first-order chi connectivity index (χ1) is 34.0. The molecule has 0 heterocycles. The van der Waals surface area contributed by atoms with E-state index in [1.54, 1.807) is 0 Å². The fourth-order valence-corrected chi connectivity index (χ4v) is 8.40. The first-order valence-electron chi connectivity index (χ1n) is 29.5. The van der Waals surface area contributed by atoms with Crippen LogP contribution in [0.15, 0.2) is 72.9 Å². The Kier molecular flexibility index (Phi) is 54.8. The molecular formula is C63H110O6. The molecule has 0 saturated heterocycles. The molecule has 0 amide bonds. The minimum Gasteiger partial charge on any atom is -0.462 e. The molecular weight excluding hydrogens is 853 g/mol. The Bertz CT molecular complexity index is 1290. The van der Waals surface area contributed by atoms with Crippen molar-refractivity contribution in [3.8, 4) is 0 Å². The Morgan fingerprint density at radius 1 is 0.319 bits per heavy atom. The topological polar surface area (TPSA) is 78.9 Å². The number of hydrogen-bond donors (Lipinski definition) is 0. The predicted molar refractivity (Wildman–Crippen MR) is 298 cm³/mol. The first kappa shape index (κ1) is 65.8. The third kappa shape index (κ3) is 55.6. The van der Waals surface area contributed by atoms with E-state index in [-0.39, 0.29) is 31.1 Å². The lowest BCUT2D eigenvalue weighted by Crippen LogP contribution is -2.30. The quantitative estimate of drug-likeness (QED) is 0.0199. The van der Waals surface area contributed by atoms with Crippen molar-refractivity contribution in [2.45, 2.75) is 297 Å². The number of ether oxygens (including phenoxy) is 3. The number of carbonyl (C=O) groups excluding carboxylic acids is 3. The maximum absolute atomic E-state index is 12.9. The molecule has 0 aromatic carbocycles. The van der Waals surface area contributed by atoms with Gasteiger partial charge in [-0.3, -0.25) is 14.4 Å². The van der Waals surface area contributed by atoms with Crippen LogP contribution >= 0.6 is 0 Å².